The summed E-state index contributed by atoms with van der Waals surface area (Å²) in [6, 6.07) is 12.8. The van der Waals surface area contributed by atoms with Crippen molar-refractivity contribution in [2.24, 2.45) is 0 Å². The number of hydrogen-bond donors (Lipinski definition) is 1. The molecule has 0 aliphatic carbocycles. The van der Waals surface area contributed by atoms with Crippen LogP contribution in [0.15, 0.2) is 42.5 Å². The van der Waals surface area contributed by atoms with Crippen molar-refractivity contribution in [2.45, 2.75) is 26.4 Å². The minimum absolute atomic E-state index is 0.0973. The van der Waals surface area contributed by atoms with E-state index in [0.717, 1.165) is 5.56 Å². The third kappa shape index (κ3) is 5.37. The normalized spacial score (nSPS) is 11.8. The van der Waals surface area contributed by atoms with Gasteiger partial charge in [0.05, 0.1) is 32.6 Å². The molecule has 0 spiro atoms. The fourth-order valence-corrected chi connectivity index (χ4v) is 2.70. The number of methoxy groups -OCH3 is 2. The predicted octanol–water partition coefficient (Wildman–Crippen LogP) is 3.56. The lowest BCUT2D eigenvalue weighted by Gasteiger charge is -2.24. The standard InChI is InChI=1S/C21H28N2O4/c1-6-27-19-12-11-16(13-20(19)26-5)14-23(3)15(2)21(24)22-17-9-7-8-10-18(17)25-4/h7-13,15H,6,14H2,1-5H3,(H,22,24)/t15-/m0/s1. The maximum Gasteiger partial charge on any atom is 0.241 e. The summed E-state index contributed by atoms with van der Waals surface area (Å²) >= 11 is 0. The van der Waals surface area contributed by atoms with Gasteiger partial charge in [0.2, 0.25) is 5.91 Å². The Morgan fingerprint density at radius 1 is 1.07 bits per heavy atom. The van der Waals surface area contributed by atoms with E-state index in [4.69, 9.17) is 14.2 Å². The van der Waals surface area contributed by atoms with Crippen LogP contribution in [0.25, 0.3) is 0 Å². The number of benzene rings is 2. The van der Waals surface area contributed by atoms with Crippen molar-refractivity contribution < 1.29 is 19.0 Å². The van der Waals surface area contributed by atoms with Gasteiger partial charge in [-0.25, -0.2) is 0 Å². The SMILES string of the molecule is CCOc1ccc(CN(C)[C@@H](C)C(=O)Nc2ccccc2OC)cc1OC. The molecule has 2 aromatic carbocycles. The predicted molar refractivity (Wildman–Crippen MR) is 107 cm³/mol. The van der Waals surface area contributed by atoms with Crippen LogP contribution >= 0.6 is 0 Å². The van der Waals surface area contributed by atoms with Crippen LogP contribution < -0.4 is 19.5 Å². The van der Waals surface area contributed by atoms with Crippen molar-refractivity contribution in [3.8, 4) is 17.2 Å². The van der Waals surface area contributed by atoms with Crippen LogP contribution in [-0.2, 0) is 11.3 Å². The summed E-state index contributed by atoms with van der Waals surface area (Å²) in [6.45, 7) is 4.98. The molecule has 0 aliphatic rings. The summed E-state index contributed by atoms with van der Waals surface area (Å²) in [5.74, 6) is 1.94. The Labute approximate surface area is 161 Å². The molecule has 6 heteroatoms. The molecule has 2 aromatic rings. The minimum Gasteiger partial charge on any atom is -0.495 e. The van der Waals surface area contributed by atoms with Crippen LogP contribution in [-0.4, -0.2) is 44.7 Å². The third-order valence-corrected chi connectivity index (χ3v) is 4.37. The highest BCUT2D eigenvalue weighted by molar-refractivity contribution is 5.95. The topological polar surface area (TPSA) is 60.0 Å². The number of carbonyl (C=O) groups excluding carboxylic acids is 1. The molecule has 146 valence electrons. The number of likely N-dealkylation sites (N-methyl/N-ethyl adjacent to an activating group) is 1. The van der Waals surface area contributed by atoms with E-state index in [2.05, 4.69) is 5.32 Å². The number of nitrogens with one attached hydrogen (secondary N) is 1. The molecule has 0 bridgehead atoms. The van der Waals surface area contributed by atoms with Crippen LogP contribution in [0.5, 0.6) is 17.2 Å². The number of ether oxygens (including phenoxy) is 3. The largest absolute Gasteiger partial charge is 0.495 e. The van der Waals surface area contributed by atoms with E-state index in [-0.39, 0.29) is 11.9 Å². The van der Waals surface area contributed by atoms with Gasteiger partial charge in [-0.1, -0.05) is 18.2 Å². The van der Waals surface area contributed by atoms with Crippen LogP contribution in [0, 0.1) is 0 Å². The second-order valence-electron chi connectivity index (χ2n) is 6.20. The molecule has 1 amide bonds. The van der Waals surface area contributed by atoms with Gasteiger partial charge in [-0.15, -0.1) is 0 Å². The van der Waals surface area contributed by atoms with Gasteiger partial charge in [0.25, 0.3) is 0 Å². The van der Waals surface area contributed by atoms with Crippen molar-refractivity contribution in [3.63, 3.8) is 0 Å². The molecular weight excluding hydrogens is 344 g/mol. The molecule has 0 aliphatic heterocycles. The average Bonchev–Trinajstić information content (AvgIpc) is 2.68. The fourth-order valence-electron chi connectivity index (χ4n) is 2.70. The Morgan fingerprint density at radius 3 is 2.44 bits per heavy atom. The molecule has 0 aromatic heterocycles. The summed E-state index contributed by atoms with van der Waals surface area (Å²) in [7, 11) is 5.11. The van der Waals surface area contributed by atoms with Crippen molar-refractivity contribution >= 4 is 11.6 Å². The molecule has 1 N–H and O–H groups in total. The van der Waals surface area contributed by atoms with Crippen molar-refractivity contribution in [1.29, 1.82) is 0 Å². The van der Waals surface area contributed by atoms with Crippen LogP contribution in [0.1, 0.15) is 19.4 Å². The number of anilines is 1. The van der Waals surface area contributed by atoms with E-state index < -0.39 is 0 Å². The van der Waals surface area contributed by atoms with E-state index in [9.17, 15) is 4.79 Å². The van der Waals surface area contributed by atoms with Gasteiger partial charge in [-0.2, -0.15) is 0 Å². The number of amides is 1. The van der Waals surface area contributed by atoms with Gasteiger partial charge in [0.1, 0.15) is 5.75 Å². The summed E-state index contributed by atoms with van der Waals surface area (Å²) in [4.78, 5) is 14.6. The second-order valence-corrected chi connectivity index (χ2v) is 6.20. The summed E-state index contributed by atoms with van der Waals surface area (Å²) in [6.07, 6.45) is 0. The van der Waals surface area contributed by atoms with E-state index >= 15 is 0 Å². The zero-order valence-corrected chi connectivity index (χ0v) is 16.6. The van der Waals surface area contributed by atoms with Crippen molar-refractivity contribution in [1.82, 2.24) is 4.90 Å². The quantitative estimate of drug-likeness (QED) is 0.729. The highest BCUT2D eigenvalue weighted by Gasteiger charge is 2.20. The smallest absolute Gasteiger partial charge is 0.241 e. The highest BCUT2D eigenvalue weighted by atomic mass is 16.5. The lowest BCUT2D eigenvalue weighted by atomic mass is 10.1. The van der Waals surface area contributed by atoms with Crippen molar-refractivity contribution in [2.75, 3.05) is 33.2 Å². The molecule has 6 nitrogen and oxygen atoms in total. The maximum atomic E-state index is 12.6. The van der Waals surface area contributed by atoms with Gasteiger partial charge >= 0.3 is 0 Å². The average molecular weight is 372 g/mol. The van der Waals surface area contributed by atoms with E-state index in [0.29, 0.717) is 36.1 Å². The second kappa shape index (κ2) is 9.83. The Kier molecular flexibility index (Phi) is 7.49. The first-order valence-corrected chi connectivity index (χ1v) is 8.94. The molecular formula is C21H28N2O4. The van der Waals surface area contributed by atoms with Gasteiger partial charge in [-0.05, 0) is 50.7 Å². The van der Waals surface area contributed by atoms with E-state index in [1.54, 1.807) is 14.2 Å². The first kappa shape index (κ1) is 20.6. The zero-order valence-electron chi connectivity index (χ0n) is 16.6. The van der Waals surface area contributed by atoms with E-state index in [1.165, 1.54) is 0 Å². The number of hydrogen-bond acceptors (Lipinski definition) is 5. The van der Waals surface area contributed by atoms with Crippen LogP contribution in [0.3, 0.4) is 0 Å². The Balaban J connectivity index is 2.04. The number of rotatable bonds is 9. The Hall–Kier alpha value is -2.73. The number of para-hydroxylation sites is 2. The first-order valence-electron chi connectivity index (χ1n) is 8.94. The van der Waals surface area contributed by atoms with Gasteiger partial charge in [0.15, 0.2) is 11.5 Å². The summed E-state index contributed by atoms with van der Waals surface area (Å²) < 4.78 is 16.2. The van der Waals surface area contributed by atoms with Crippen LogP contribution in [0.4, 0.5) is 5.69 Å². The van der Waals surface area contributed by atoms with Gasteiger partial charge < -0.3 is 19.5 Å². The fraction of sp³-hybridized carbons (Fsp3) is 0.381. The zero-order chi connectivity index (χ0) is 19.8. The molecule has 2 rings (SSSR count). The van der Waals surface area contributed by atoms with Gasteiger partial charge in [0, 0.05) is 6.54 Å². The highest BCUT2D eigenvalue weighted by Crippen LogP contribution is 2.29. The lowest BCUT2D eigenvalue weighted by Crippen LogP contribution is -2.39. The molecule has 0 saturated heterocycles. The number of nitrogens with zero attached hydrogens (tertiary/aromatic N) is 1. The van der Waals surface area contributed by atoms with Crippen molar-refractivity contribution in [3.05, 3.63) is 48.0 Å². The van der Waals surface area contributed by atoms with E-state index in [1.807, 2.05) is 68.3 Å². The molecule has 27 heavy (non-hydrogen) atoms. The summed E-state index contributed by atoms with van der Waals surface area (Å²) in [5.41, 5.74) is 1.70. The lowest BCUT2D eigenvalue weighted by molar-refractivity contribution is -0.120. The molecule has 0 fully saturated rings. The molecule has 0 heterocycles. The monoisotopic (exact) mass is 372 g/mol. The Morgan fingerprint density at radius 2 is 1.78 bits per heavy atom. The molecule has 0 radical (unpaired) electrons. The third-order valence-electron chi connectivity index (χ3n) is 4.37. The Bertz CT molecular complexity index is 764. The first-order chi connectivity index (χ1) is 13.0. The molecule has 0 unspecified atom stereocenters. The minimum atomic E-state index is -0.326. The summed E-state index contributed by atoms with van der Waals surface area (Å²) in [5, 5.41) is 2.93. The van der Waals surface area contributed by atoms with Gasteiger partial charge in [-0.3, -0.25) is 9.69 Å². The van der Waals surface area contributed by atoms with Crippen LogP contribution in [0.2, 0.25) is 0 Å². The maximum absolute atomic E-state index is 12.6. The molecule has 0 saturated carbocycles. The number of carbonyl (C=O) groups is 1. The molecule has 1 atom stereocenters.